The maximum Gasteiger partial charge on any atom is 0.127 e. The topological polar surface area (TPSA) is 9.23 Å². The van der Waals surface area contributed by atoms with E-state index >= 15 is 0 Å². The fourth-order valence-corrected chi connectivity index (χ4v) is 12.1. The van der Waals surface area contributed by atoms with E-state index in [9.17, 15) is 0 Å². The molecule has 0 amide bonds. The number of thioether (sulfide) groups is 1. The van der Waals surface area contributed by atoms with Gasteiger partial charge in [0.05, 0.1) is 0 Å². The molecule has 2 aliphatic rings. The summed E-state index contributed by atoms with van der Waals surface area (Å²) in [5.74, 6) is 1.03. The fourth-order valence-electron chi connectivity index (χ4n) is 5.07. The number of thiophene rings is 1. The quantitative estimate of drug-likeness (QED) is 0.258. The average molecular weight is 487 g/mol. The molecule has 1 aromatic heterocycles. The van der Waals surface area contributed by atoms with Crippen molar-refractivity contribution in [3.05, 3.63) is 93.0 Å². The van der Waals surface area contributed by atoms with Crippen LogP contribution in [0.3, 0.4) is 0 Å². The number of hydrogen-bond acceptors (Lipinski definition) is 3. The van der Waals surface area contributed by atoms with Gasteiger partial charge >= 0.3 is 0 Å². The number of rotatable bonds is 6. The first kappa shape index (κ1) is 22.5. The van der Waals surface area contributed by atoms with E-state index in [1.54, 1.807) is 5.20 Å². The Morgan fingerprint density at radius 3 is 2.55 bits per heavy atom. The van der Waals surface area contributed by atoms with Crippen molar-refractivity contribution < 1.29 is 4.74 Å². The van der Waals surface area contributed by atoms with Crippen molar-refractivity contribution in [2.45, 2.75) is 39.1 Å². The van der Waals surface area contributed by atoms with Gasteiger partial charge in [0.25, 0.3) is 0 Å². The zero-order chi connectivity index (χ0) is 23.3. The minimum Gasteiger partial charge on any atom is -0.489 e. The Kier molecular flexibility index (Phi) is 5.80. The van der Waals surface area contributed by atoms with Crippen molar-refractivity contribution in [1.29, 1.82) is 0 Å². The van der Waals surface area contributed by atoms with Gasteiger partial charge in [0.1, 0.15) is 20.4 Å². The smallest absolute Gasteiger partial charge is 0.127 e. The van der Waals surface area contributed by atoms with Gasteiger partial charge in [-0.05, 0) is 54.4 Å². The summed E-state index contributed by atoms with van der Waals surface area (Å²) in [4.78, 5) is 4.39. The zero-order valence-electron chi connectivity index (χ0n) is 20.0. The molecule has 168 valence electrons. The largest absolute Gasteiger partial charge is 0.489 e. The molecule has 2 aromatic carbocycles. The van der Waals surface area contributed by atoms with Gasteiger partial charge in [0.2, 0.25) is 0 Å². The summed E-state index contributed by atoms with van der Waals surface area (Å²) < 4.78 is 6.47. The molecule has 1 aliphatic heterocycles. The van der Waals surface area contributed by atoms with E-state index in [1.165, 1.54) is 47.7 Å². The van der Waals surface area contributed by atoms with Crippen LogP contribution in [0.2, 0.25) is 13.1 Å². The molecule has 1 unspecified atom stereocenters. The molecule has 3 aromatic rings. The highest BCUT2D eigenvalue weighted by molar-refractivity contribution is 8.05. The third-order valence-corrected chi connectivity index (χ3v) is 12.6. The molecule has 5 rings (SSSR count). The van der Waals surface area contributed by atoms with Crippen LogP contribution in [0.15, 0.2) is 72.2 Å². The maximum atomic E-state index is 6.47. The molecule has 4 heteroatoms. The minimum atomic E-state index is -2.12. The lowest BCUT2D eigenvalue weighted by Crippen LogP contribution is -2.44. The summed E-state index contributed by atoms with van der Waals surface area (Å²) >= 11 is 3.99. The summed E-state index contributed by atoms with van der Waals surface area (Å²) in [6.07, 6.45) is 4.31. The van der Waals surface area contributed by atoms with Gasteiger partial charge in [0.15, 0.2) is 0 Å². The molecule has 0 radical (unpaired) electrons. The van der Waals surface area contributed by atoms with Gasteiger partial charge in [0, 0.05) is 31.0 Å². The third kappa shape index (κ3) is 3.78. The van der Waals surface area contributed by atoms with E-state index in [0.717, 1.165) is 5.75 Å². The van der Waals surface area contributed by atoms with E-state index in [1.807, 2.05) is 29.2 Å². The molecule has 1 aliphatic carbocycles. The van der Waals surface area contributed by atoms with E-state index < -0.39 is 8.07 Å². The molecule has 0 N–H and O–H groups in total. The van der Waals surface area contributed by atoms with Gasteiger partial charge < -0.3 is 4.74 Å². The predicted molar refractivity (Wildman–Crippen MR) is 150 cm³/mol. The number of aryl methyl sites for hydroxylation is 2. The Hall–Kier alpha value is -2.27. The molecule has 0 bridgehead atoms. The first-order valence-electron chi connectivity index (χ1n) is 11.5. The Morgan fingerprint density at radius 1 is 1.06 bits per heavy atom. The standard InChI is InChI=1S/C29H30OS2Si/c1-7-13-30-26-22(21-11-9-8-10-12-21)14-18(2)15-25(26)33(5,6)29-27-23(16-19(3)31-27)24-17-20(4)32-28(24)29/h7-12,14-17,19H,1,13H2,2-6H3. The molecule has 2 heterocycles. The van der Waals surface area contributed by atoms with Gasteiger partial charge in [-0.25, -0.2) is 0 Å². The van der Waals surface area contributed by atoms with E-state index in [0.29, 0.717) is 11.9 Å². The van der Waals surface area contributed by atoms with E-state index in [-0.39, 0.29) is 0 Å². The van der Waals surface area contributed by atoms with Crippen molar-refractivity contribution in [2.75, 3.05) is 6.61 Å². The Labute approximate surface area is 206 Å². The van der Waals surface area contributed by atoms with Crippen LogP contribution in [0.25, 0.3) is 21.9 Å². The fraction of sp³-hybridized carbons (Fsp3) is 0.241. The Morgan fingerprint density at radius 2 is 1.82 bits per heavy atom. The van der Waals surface area contributed by atoms with Gasteiger partial charge in [-0.1, -0.05) is 73.8 Å². The lowest BCUT2D eigenvalue weighted by atomic mass is 10.0. The number of benzene rings is 2. The molecule has 0 fully saturated rings. The molecular weight excluding hydrogens is 457 g/mol. The van der Waals surface area contributed by atoms with Crippen LogP contribution < -0.4 is 9.92 Å². The van der Waals surface area contributed by atoms with Crippen molar-refractivity contribution in [3.63, 3.8) is 0 Å². The lowest BCUT2D eigenvalue weighted by molar-refractivity contribution is 0.367. The molecular formula is C29H30OS2Si. The highest BCUT2D eigenvalue weighted by atomic mass is 32.2. The summed E-state index contributed by atoms with van der Waals surface area (Å²) in [5, 5.41) is 3.49. The number of ether oxygens (including phenoxy) is 1. The van der Waals surface area contributed by atoms with Crippen LogP contribution >= 0.6 is 23.1 Å². The van der Waals surface area contributed by atoms with Crippen LogP contribution in [0.5, 0.6) is 5.75 Å². The normalized spacial score (nSPS) is 17.1. The van der Waals surface area contributed by atoms with Crippen LogP contribution in [-0.4, -0.2) is 19.9 Å². The minimum absolute atomic E-state index is 0.507. The molecule has 1 atom stereocenters. The predicted octanol–water partition coefficient (Wildman–Crippen LogP) is 7.99. The summed E-state index contributed by atoms with van der Waals surface area (Å²) in [6, 6.07) is 17.7. The van der Waals surface area contributed by atoms with Crippen molar-refractivity contribution >= 4 is 47.1 Å². The van der Waals surface area contributed by atoms with Crippen molar-refractivity contribution in [1.82, 2.24) is 0 Å². The third-order valence-electron chi connectivity index (χ3n) is 6.51. The van der Waals surface area contributed by atoms with Gasteiger partial charge in [-0.2, -0.15) is 0 Å². The van der Waals surface area contributed by atoms with Gasteiger partial charge in [-0.3, -0.25) is 0 Å². The second kappa shape index (κ2) is 8.50. The monoisotopic (exact) mass is 486 g/mol. The van der Waals surface area contributed by atoms with Crippen LogP contribution in [0.4, 0.5) is 0 Å². The summed E-state index contributed by atoms with van der Waals surface area (Å²) in [7, 11) is -2.12. The second-order valence-electron chi connectivity index (χ2n) is 9.49. The number of fused-ring (bicyclic) bond motifs is 3. The average Bonchev–Trinajstić information content (AvgIpc) is 3.41. The maximum absolute atomic E-state index is 6.47. The molecule has 0 saturated carbocycles. The molecule has 1 nitrogen and oxygen atoms in total. The van der Waals surface area contributed by atoms with Gasteiger partial charge in [-0.15, -0.1) is 23.1 Å². The molecule has 33 heavy (non-hydrogen) atoms. The zero-order valence-corrected chi connectivity index (χ0v) is 22.6. The SMILES string of the molecule is C=CCOc1c(-c2ccccc2)cc(C)cc1[Si](C)(C)C1=C2SC(C)C=C2c2cc(C)sc21. The Balaban J connectivity index is 1.76. The highest BCUT2D eigenvalue weighted by Crippen LogP contribution is 2.57. The molecule has 0 spiro atoms. The number of allylic oxidation sites excluding steroid dienone is 1. The summed E-state index contributed by atoms with van der Waals surface area (Å²) in [5.41, 5.74) is 6.58. The Bertz CT molecular complexity index is 1310. The number of hydrogen-bond donors (Lipinski definition) is 0. The molecule has 0 saturated heterocycles. The second-order valence-corrected chi connectivity index (χ2v) is 16.4. The van der Waals surface area contributed by atoms with E-state index in [2.05, 4.69) is 95.1 Å². The summed E-state index contributed by atoms with van der Waals surface area (Å²) in [6.45, 7) is 16.2. The van der Waals surface area contributed by atoms with Crippen molar-refractivity contribution in [2.24, 2.45) is 0 Å². The first-order chi connectivity index (χ1) is 15.8. The van der Waals surface area contributed by atoms with Crippen molar-refractivity contribution in [3.8, 4) is 16.9 Å². The van der Waals surface area contributed by atoms with E-state index in [4.69, 9.17) is 4.74 Å². The van der Waals surface area contributed by atoms with Crippen LogP contribution in [0.1, 0.15) is 27.8 Å². The highest BCUT2D eigenvalue weighted by Gasteiger charge is 2.43. The lowest BCUT2D eigenvalue weighted by Gasteiger charge is -2.30. The first-order valence-corrected chi connectivity index (χ1v) is 16.2. The van der Waals surface area contributed by atoms with Crippen LogP contribution in [-0.2, 0) is 0 Å². The van der Waals surface area contributed by atoms with Crippen LogP contribution in [0, 0.1) is 13.8 Å².